The maximum atomic E-state index is 13.0. The number of aliphatic imine (C=N–C) groups is 1. The van der Waals surface area contributed by atoms with Crippen LogP contribution in [0.4, 0.5) is 26.1 Å². The Kier molecular flexibility index (Phi) is 7.28. The lowest BCUT2D eigenvalue weighted by atomic mass is 10.0. The van der Waals surface area contributed by atoms with Crippen molar-refractivity contribution < 1.29 is 13.5 Å². The Morgan fingerprint density at radius 2 is 1.72 bits per heavy atom. The number of aromatic nitrogens is 3. The van der Waals surface area contributed by atoms with Crippen LogP contribution in [0, 0.1) is 11.3 Å². The van der Waals surface area contributed by atoms with E-state index in [9.17, 15) is 14.0 Å². The summed E-state index contributed by atoms with van der Waals surface area (Å²) in [6.45, 7) is -1.15. The fourth-order valence-electron chi connectivity index (χ4n) is 4.30. The molecular weight excluding hydrogens is 498 g/mol. The van der Waals surface area contributed by atoms with Gasteiger partial charge in [0.25, 0.3) is 0 Å². The number of anilines is 2. The highest BCUT2D eigenvalue weighted by Crippen LogP contribution is 2.33. The van der Waals surface area contributed by atoms with Crippen molar-refractivity contribution in [2.24, 2.45) is 12.0 Å². The van der Waals surface area contributed by atoms with Crippen LogP contribution in [0.25, 0.3) is 11.0 Å². The summed E-state index contributed by atoms with van der Waals surface area (Å²) in [7, 11) is 1.87. The number of benzene rings is 3. The minimum Gasteiger partial charge on any atom is -0.433 e. The number of alkyl halides is 2. The first-order valence-electron chi connectivity index (χ1n) is 12.3. The first kappa shape index (κ1) is 25.5. The van der Waals surface area contributed by atoms with Gasteiger partial charge in [0.2, 0.25) is 0 Å². The van der Waals surface area contributed by atoms with Crippen LogP contribution in [0.2, 0.25) is 0 Å². The molecule has 7 nitrogen and oxygen atoms in total. The van der Waals surface area contributed by atoms with Crippen molar-refractivity contribution in [1.29, 1.82) is 5.26 Å². The van der Waals surface area contributed by atoms with Crippen molar-refractivity contribution in [3.8, 4) is 11.8 Å². The van der Waals surface area contributed by atoms with Gasteiger partial charge in [-0.2, -0.15) is 14.0 Å². The Morgan fingerprint density at radius 1 is 1.05 bits per heavy atom. The molecule has 0 aliphatic rings. The lowest BCUT2D eigenvalue weighted by Gasteiger charge is -2.15. The van der Waals surface area contributed by atoms with E-state index in [1.165, 1.54) is 6.07 Å². The predicted molar refractivity (Wildman–Crippen MR) is 147 cm³/mol. The van der Waals surface area contributed by atoms with Crippen LogP contribution in [0.3, 0.4) is 0 Å². The molecule has 0 amide bonds. The first-order valence-corrected chi connectivity index (χ1v) is 12.3. The number of nitrogens with one attached hydrogen (secondary N) is 1. The molecule has 3 aromatic carbocycles. The van der Waals surface area contributed by atoms with Crippen LogP contribution in [-0.2, 0) is 13.5 Å². The molecule has 5 aromatic rings. The minimum atomic E-state index is -3.06. The van der Waals surface area contributed by atoms with Crippen molar-refractivity contribution in [3.05, 3.63) is 107 Å². The quantitative estimate of drug-likeness (QED) is 0.224. The molecule has 0 radical (unpaired) electrons. The van der Waals surface area contributed by atoms with Gasteiger partial charge in [-0.15, -0.1) is 0 Å². The van der Waals surface area contributed by atoms with E-state index < -0.39 is 6.61 Å². The molecule has 0 bridgehead atoms. The van der Waals surface area contributed by atoms with Gasteiger partial charge in [-0.3, -0.25) is 0 Å². The van der Waals surface area contributed by atoms with Crippen molar-refractivity contribution >= 4 is 34.1 Å². The second-order valence-corrected chi connectivity index (χ2v) is 8.72. The lowest BCUT2D eigenvalue weighted by molar-refractivity contribution is -0.0500. The topological polar surface area (TPSA) is 88.1 Å². The Balaban J connectivity index is 1.66. The van der Waals surface area contributed by atoms with Crippen LogP contribution >= 0.6 is 0 Å². The number of nitrogens with zero attached hydrogens (tertiary/aromatic N) is 5. The zero-order valence-corrected chi connectivity index (χ0v) is 21.3. The normalized spacial score (nSPS) is 10.9. The van der Waals surface area contributed by atoms with Gasteiger partial charge in [0, 0.05) is 36.0 Å². The standard InChI is InChI=1S/C30H24F2N6O/c1-3-19-14-22(17-33)25(39-30(31)32)15-23(19)35-26-16-24-28(34-18-38(24)2)29(36-26)37-27(20-10-6-4-7-11-20)21-12-8-5-9-13-21/h4-16,18,30H,3H2,1-2H3,(H,35,36). The zero-order valence-electron chi connectivity index (χ0n) is 21.3. The fourth-order valence-corrected chi connectivity index (χ4v) is 4.30. The number of rotatable bonds is 8. The number of pyridine rings is 1. The number of aryl methyl sites for hydroxylation is 2. The highest BCUT2D eigenvalue weighted by Gasteiger charge is 2.17. The van der Waals surface area contributed by atoms with Crippen molar-refractivity contribution in [3.63, 3.8) is 0 Å². The smallest absolute Gasteiger partial charge is 0.387 e. The van der Waals surface area contributed by atoms with E-state index in [0.29, 0.717) is 29.3 Å². The molecule has 0 aliphatic carbocycles. The average molecular weight is 523 g/mol. The molecule has 5 rings (SSSR count). The molecule has 0 unspecified atom stereocenters. The fraction of sp³-hybridized carbons (Fsp3) is 0.133. The van der Waals surface area contributed by atoms with Gasteiger partial charge < -0.3 is 14.6 Å². The molecule has 0 aliphatic heterocycles. The Hall–Kier alpha value is -5.10. The molecule has 0 atom stereocenters. The summed E-state index contributed by atoms with van der Waals surface area (Å²) in [4.78, 5) is 14.3. The maximum Gasteiger partial charge on any atom is 0.387 e. The number of imidazole rings is 1. The number of hydrogen-bond acceptors (Lipinski definition) is 6. The van der Waals surface area contributed by atoms with E-state index in [0.717, 1.165) is 27.9 Å². The summed E-state index contributed by atoms with van der Waals surface area (Å²) in [6.07, 6.45) is 2.24. The third kappa shape index (κ3) is 5.45. The monoisotopic (exact) mass is 522 g/mol. The predicted octanol–water partition coefficient (Wildman–Crippen LogP) is 6.92. The van der Waals surface area contributed by atoms with Crippen molar-refractivity contribution in [2.45, 2.75) is 20.0 Å². The number of halogens is 2. The van der Waals surface area contributed by atoms with Gasteiger partial charge in [0.15, 0.2) is 5.82 Å². The van der Waals surface area contributed by atoms with Gasteiger partial charge >= 0.3 is 6.61 Å². The minimum absolute atomic E-state index is 0.0356. The summed E-state index contributed by atoms with van der Waals surface area (Å²) < 4.78 is 32.5. The number of fused-ring (bicyclic) bond motifs is 1. The first-order chi connectivity index (χ1) is 19.0. The van der Waals surface area contributed by atoms with Crippen molar-refractivity contribution in [2.75, 3.05) is 5.32 Å². The van der Waals surface area contributed by atoms with E-state index in [2.05, 4.69) is 15.0 Å². The highest BCUT2D eigenvalue weighted by molar-refractivity contribution is 6.14. The van der Waals surface area contributed by atoms with Gasteiger partial charge in [-0.05, 0) is 18.1 Å². The van der Waals surface area contributed by atoms with Crippen LogP contribution in [0.1, 0.15) is 29.2 Å². The molecule has 0 saturated carbocycles. The van der Waals surface area contributed by atoms with Crippen LogP contribution in [-0.4, -0.2) is 26.9 Å². The van der Waals surface area contributed by atoms with Gasteiger partial charge in [-0.25, -0.2) is 15.0 Å². The van der Waals surface area contributed by atoms with E-state index in [1.807, 2.05) is 91.3 Å². The lowest BCUT2D eigenvalue weighted by Crippen LogP contribution is -2.06. The molecule has 2 aromatic heterocycles. The Labute approximate surface area is 224 Å². The van der Waals surface area contributed by atoms with E-state index >= 15 is 0 Å². The SMILES string of the molecule is CCc1cc(C#N)c(OC(F)F)cc1Nc1cc2c(ncn2C)c(N=C(c2ccccc2)c2ccccc2)n1. The molecule has 9 heteroatoms. The maximum absolute atomic E-state index is 13.0. The largest absolute Gasteiger partial charge is 0.433 e. The molecule has 1 N–H and O–H groups in total. The van der Waals surface area contributed by atoms with E-state index in [4.69, 9.17) is 9.98 Å². The molecule has 194 valence electrons. The summed E-state index contributed by atoms with van der Waals surface area (Å²) in [5, 5.41) is 12.7. The molecule has 2 heterocycles. The molecular formula is C30H24F2N6O. The van der Waals surface area contributed by atoms with Crippen molar-refractivity contribution in [1.82, 2.24) is 14.5 Å². The average Bonchev–Trinajstić information content (AvgIpc) is 3.33. The Morgan fingerprint density at radius 3 is 2.31 bits per heavy atom. The second-order valence-electron chi connectivity index (χ2n) is 8.72. The summed E-state index contributed by atoms with van der Waals surface area (Å²) in [6, 6.07) is 26.3. The van der Waals surface area contributed by atoms with Gasteiger partial charge in [0.05, 0.1) is 23.1 Å². The third-order valence-electron chi connectivity index (χ3n) is 6.19. The summed E-state index contributed by atoms with van der Waals surface area (Å²) >= 11 is 0. The summed E-state index contributed by atoms with van der Waals surface area (Å²) in [5.41, 5.74) is 5.25. The van der Waals surface area contributed by atoms with E-state index in [-0.39, 0.29) is 11.3 Å². The molecule has 39 heavy (non-hydrogen) atoms. The van der Waals surface area contributed by atoms with Crippen LogP contribution in [0.15, 0.2) is 90.2 Å². The number of nitriles is 1. The zero-order chi connectivity index (χ0) is 27.4. The third-order valence-corrected chi connectivity index (χ3v) is 6.19. The molecule has 0 spiro atoms. The van der Waals surface area contributed by atoms with Gasteiger partial charge in [-0.1, -0.05) is 67.6 Å². The second kappa shape index (κ2) is 11.1. The number of hydrogen-bond donors (Lipinski definition) is 1. The highest BCUT2D eigenvalue weighted by atomic mass is 19.3. The van der Waals surface area contributed by atoms with Crippen LogP contribution < -0.4 is 10.1 Å². The molecule has 0 fully saturated rings. The Bertz CT molecular complexity index is 1650. The van der Waals surface area contributed by atoms with Crippen LogP contribution in [0.5, 0.6) is 5.75 Å². The van der Waals surface area contributed by atoms with Gasteiger partial charge in [0.1, 0.15) is 23.2 Å². The molecule has 0 saturated heterocycles. The number of ether oxygens (including phenoxy) is 1. The summed E-state index contributed by atoms with van der Waals surface area (Å²) in [5.74, 6) is 0.629. The van der Waals surface area contributed by atoms with E-state index in [1.54, 1.807) is 12.4 Å².